The van der Waals surface area contributed by atoms with Crippen LogP contribution in [0.2, 0.25) is 0 Å². The molecule has 0 aromatic heterocycles. The fourth-order valence-electron chi connectivity index (χ4n) is 2.80. The first-order valence-electron chi connectivity index (χ1n) is 6.04. The molecule has 0 aliphatic heterocycles. The van der Waals surface area contributed by atoms with E-state index < -0.39 is 0 Å². The molecule has 2 atom stereocenters. The van der Waals surface area contributed by atoms with Crippen molar-refractivity contribution in [3.63, 3.8) is 0 Å². The molecule has 0 spiro atoms. The van der Waals surface area contributed by atoms with Gasteiger partial charge in [0.25, 0.3) is 0 Å². The van der Waals surface area contributed by atoms with Crippen molar-refractivity contribution in [1.82, 2.24) is 0 Å². The van der Waals surface area contributed by atoms with E-state index in [1.807, 2.05) is 19.1 Å². The zero-order chi connectivity index (χ0) is 11.8. The number of carbonyl (C=O) groups excluding carboxylic acids is 1. The van der Waals surface area contributed by atoms with Crippen LogP contribution in [0.25, 0.3) is 0 Å². The fourth-order valence-corrected chi connectivity index (χ4v) is 2.80. The molecule has 2 unspecified atom stereocenters. The maximum absolute atomic E-state index is 11.7. The standard InChI is InChI=1S/C14H20O2/c1-4-5-8-16-13(15)10-6-7-11-12(9-10)14(11,2)3/h4-6,11-12H,7-9H2,1-3H3. The van der Waals surface area contributed by atoms with Gasteiger partial charge in [-0.15, -0.1) is 0 Å². The molecule has 1 fully saturated rings. The second kappa shape index (κ2) is 4.08. The third-order valence-corrected chi connectivity index (χ3v) is 4.15. The van der Waals surface area contributed by atoms with Gasteiger partial charge in [-0.1, -0.05) is 32.1 Å². The average molecular weight is 220 g/mol. The molecular formula is C14H20O2. The monoisotopic (exact) mass is 220 g/mol. The van der Waals surface area contributed by atoms with E-state index >= 15 is 0 Å². The van der Waals surface area contributed by atoms with Crippen LogP contribution in [0, 0.1) is 17.3 Å². The van der Waals surface area contributed by atoms with Gasteiger partial charge in [-0.25, -0.2) is 4.79 Å². The van der Waals surface area contributed by atoms with E-state index in [2.05, 4.69) is 19.9 Å². The van der Waals surface area contributed by atoms with Crippen LogP contribution < -0.4 is 0 Å². The number of hydrogen-bond acceptors (Lipinski definition) is 2. The lowest BCUT2D eigenvalue weighted by atomic mass is 10.00. The largest absolute Gasteiger partial charge is 0.458 e. The highest BCUT2D eigenvalue weighted by Gasteiger charge is 2.58. The van der Waals surface area contributed by atoms with Gasteiger partial charge in [-0.2, -0.15) is 0 Å². The minimum atomic E-state index is -0.126. The van der Waals surface area contributed by atoms with Gasteiger partial charge >= 0.3 is 5.97 Å². The third kappa shape index (κ3) is 1.93. The zero-order valence-corrected chi connectivity index (χ0v) is 10.3. The van der Waals surface area contributed by atoms with Crippen LogP contribution in [0.4, 0.5) is 0 Å². The Kier molecular flexibility index (Phi) is 2.92. The Labute approximate surface area is 97.4 Å². The van der Waals surface area contributed by atoms with Crippen molar-refractivity contribution in [2.24, 2.45) is 17.3 Å². The molecule has 0 aromatic carbocycles. The van der Waals surface area contributed by atoms with Gasteiger partial charge in [0.05, 0.1) is 0 Å². The van der Waals surface area contributed by atoms with Crippen LogP contribution in [0.5, 0.6) is 0 Å². The molecule has 0 saturated heterocycles. The highest BCUT2D eigenvalue weighted by Crippen LogP contribution is 2.64. The molecule has 16 heavy (non-hydrogen) atoms. The summed E-state index contributed by atoms with van der Waals surface area (Å²) in [7, 11) is 0. The summed E-state index contributed by atoms with van der Waals surface area (Å²) < 4.78 is 5.16. The van der Waals surface area contributed by atoms with Gasteiger partial charge in [-0.05, 0) is 37.0 Å². The van der Waals surface area contributed by atoms with Crippen molar-refractivity contribution in [1.29, 1.82) is 0 Å². The van der Waals surface area contributed by atoms with E-state index in [1.54, 1.807) is 0 Å². The summed E-state index contributed by atoms with van der Waals surface area (Å²) >= 11 is 0. The second-order valence-corrected chi connectivity index (χ2v) is 5.37. The van der Waals surface area contributed by atoms with Gasteiger partial charge in [0, 0.05) is 5.57 Å². The lowest BCUT2D eigenvalue weighted by molar-refractivity contribution is -0.138. The summed E-state index contributed by atoms with van der Waals surface area (Å²) in [5, 5.41) is 0. The van der Waals surface area contributed by atoms with E-state index in [0.29, 0.717) is 17.9 Å². The fraction of sp³-hybridized carbons (Fsp3) is 0.643. The smallest absolute Gasteiger partial charge is 0.333 e. The van der Waals surface area contributed by atoms with E-state index in [4.69, 9.17) is 4.74 Å². The minimum Gasteiger partial charge on any atom is -0.458 e. The zero-order valence-electron chi connectivity index (χ0n) is 10.3. The Hall–Kier alpha value is -1.05. The summed E-state index contributed by atoms with van der Waals surface area (Å²) in [5.41, 5.74) is 1.32. The quantitative estimate of drug-likeness (QED) is 0.539. The first kappa shape index (κ1) is 11.4. The number of fused-ring (bicyclic) bond motifs is 1. The first-order chi connectivity index (χ1) is 7.57. The normalized spacial score (nSPS) is 30.8. The number of carbonyl (C=O) groups is 1. The Morgan fingerprint density at radius 1 is 1.56 bits per heavy atom. The molecule has 2 aliphatic carbocycles. The summed E-state index contributed by atoms with van der Waals surface area (Å²) in [4.78, 5) is 11.7. The van der Waals surface area contributed by atoms with E-state index in [9.17, 15) is 4.79 Å². The van der Waals surface area contributed by atoms with Crippen molar-refractivity contribution in [3.05, 3.63) is 23.8 Å². The summed E-state index contributed by atoms with van der Waals surface area (Å²) in [6, 6.07) is 0. The van der Waals surface area contributed by atoms with Crippen LogP contribution in [0.15, 0.2) is 23.8 Å². The predicted molar refractivity (Wildman–Crippen MR) is 63.9 cm³/mol. The van der Waals surface area contributed by atoms with Crippen molar-refractivity contribution in [2.75, 3.05) is 6.61 Å². The molecule has 0 aromatic rings. The van der Waals surface area contributed by atoms with Crippen LogP contribution in [-0.2, 0) is 9.53 Å². The van der Waals surface area contributed by atoms with Crippen molar-refractivity contribution in [3.8, 4) is 0 Å². The van der Waals surface area contributed by atoms with Crippen LogP contribution in [0.3, 0.4) is 0 Å². The molecule has 2 nitrogen and oxygen atoms in total. The van der Waals surface area contributed by atoms with Crippen molar-refractivity contribution < 1.29 is 9.53 Å². The number of ether oxygens (including phenoxy) is 1. The number of esters is 1. The van der Waals surface area contributed by atoms with E-state index in [-0.39, 0.29) is 5.97 Å². The van der Waals surface area contributed by atoms with Crippen LogP contribution in [0.1, 0.15) is 33.6 Å². The summed E-state index contributed by atoms with van der Waals surface area (Å²) in [6.07, 6.45) is 7.78. The van der Waals surface area contributed by atoms with Gasteiger partial charge in [0.1, 0.15) is 6.61 Å². The third-order valence-electron chi connectivity index (χ3n) is 4.15. The van der Waals surface area contributed by atoms with Crippen molar-refractivity contribution in [2.45, 2.75) is 33.6 Å². The van der Waals surface area contributed by atoms with E-state index in [1.165, 1.54) is 0 Å². The van der Waals surface area contributed by atoms with Gasteiger partial charge < -0.3 is 4.74 Å². The maximum atomic E-state index is 11.7. The van der Waals surface area contributed by atoms with Crippen LogP contribution >= 0.6 is 0 Å². The SMILES string of the molecule is CC=CCOC(=O)C1=CCC2C(C1)C2(C)C. The Morgan fingerprint density at radius 2 is 2.31 bits per heavy atom. The minimum absolute atomic E-state index is 0.126. The molecule has 0 radical (unpaired) electrons. The molecule has 88 valence electrons. The maximum Gasteiger partial charge on any atom is 0.333 e. The molecule has 2 heteroatoms. The van der Waals surface area contributed by atoms with Crippen molar-refractivity contribution >= 4 is 5.97 Å². The predicted octanol–water partition coefficient (Wildman–Crippen LogP) is 3.10. The van der Waals surface area contributed by atoms with Gasteiger partial charge in [0.2, 0.25) is 0 Å². The topological polar surface area (TPSA) is 26.3 Å². The Balaban J connectivity index is 1.88. The van der Waals surface area contributed by atoms with E-state index in [0.717, 1.165) is 24.3 Å². The highest BCUT2D eigenvalue weighted by molar-refractivity contribution is 5.88. The first-order valence-corrected chi connectivity index (χ1v) is 6.04. The molecule has 1 saturated carbocycles. The molecular weight excluding hydrogens is 200 g/mol. The molecule has 0 bridgehead atoms. The number of hydrogen-bond donors (Lipinski definition) is 0. The van der Waals surface area contributed by atoms with Gasteiger partial charge in [0.15, 0.2) is 0 Å². The Morgan fingerprint density at radius 3 is 2.94 bits per heavy atom. The second-order valence-electron chi connectivity index (χ2n) is 5.37. The summed E-state index contributed by atoms with van der Waals surface area (Å²) in [6.45, 7) is 6.91. The molecule has 2 aliphatic rings. The lowest BCUT2D eigenvalue weighted by Gasteiger charge is -2.10. The molecule has 0 amide bonds. The average Bonchev–Trinajstić information content (AvgIpc) is 2.81. The van der Waals surface area contributed by atoms with Gasteiger partial charge in [-0.3, -0.25) is 0 Å². The highest BCUT2D eigenvalue weighted by atomic mass is 16.5. The van der Waals surface area contributed by atoms with Crippen LogP contribution in [-0.4, -0.2) is 12.6 Å². The molecule has 0 heterocycles. The lowest BCUT2D eigenvalue weighted by Crippen LogP contribution is -2.11. The summed E-state index contributed by atoms with van der Waals surface area (Å²) in [5.74, 6) is 1.36. The molecule has 2 rings (SSSR count). The molecule has 0 N–H and O–H groups in total. The number of allylic oxidation sites excluding steroid dienone is 2. The number of rotatable bonds is 3. The Bertz CT molecular complexity index is 350.